The van der Waals surface area contributed by atoms with E-state index in [1.54, 1.807) is 19.1 Å². The number of rotatable bonds is 7. The van der Waals surface area contributed by atoms with Gasteiger partial charge < -0.3 is 24.3 Å². The second-order valence-electron chi connectivity index (χ2n) is 9.61. The maximum Gasteiger partial charge on any atom is 0.243 e. The number of aromatic nitrogens is 1. The average molecular weight is 466 g/mol. The lowest BCUT2D eigenvalue weighted by atomic mass is 9.93. The fraction of sp³-hybridized carbons (Fsp3) is 0.481. The summed E-state index contributed by atoms with van der Waals surface area (Å²) >= 11 is 0. The quantitative estimate of drug-likeness (QED) is 0.627. The van der Waals surface area contributed by atoms with Gasteiger partial charge in [-0.2, -0.15) is 0 Å². The molecular weight excluding hydrogens is 430 g/mol. The van der Waals surface area contributed by atoms with Crippen LogP contribution in [-0.4, -0.2) is 60.6 Å². The van der Waals surface area contributed by atoms with Crippen LogP contribution in [0.3, 0.4) is 0 Å². The van der Waals surface area contributed by atoms with E-state index in [0.29, 0.717) is 18.1 Å². The molecule has 0 aromatic carbocycles. The number of aromatic amines is 1. The molecule has 0 bridgehead atoms. The van der Waals surface area contributed by atoms with Crippen molar-refractivity contribution in [1.29, 1.82) is 0 Å². The minimum atomic E-state index is -0.374. The number of likely N-dealkylation sites (N-methyl/N-ethyl adjacent to an activating group) is 1. The Labute approximate surface area is 201 Å². The van der Waals surface area contributed by atoms with Gasteiger partial charge in [0, 0.05) is 26.6 Å². The molecule has 34 heavy (non-hydrogen) atoms. The molecule has 7 nitrogen and oxygen atoms in total. The third-order valence-electron chi connectivity index (χ3n) is 7.33. The van der Waals surface area contributed by atoms with Crippen LogP contribution in [0.5, 0.6) is 0 Å². The predicted molar refractivity (Wildman–Crippen MR) is 132 cm³/mol. The van der Waals surface area contributed by atoms with Gasteiger partial charge in [0.15, 0.2) is 6.79 Å². The molecular formula is C27H35N3O4. The second kappa shape index (κ2) is 9.29. The van der Waals surface area contributed by atoms with E-state index in [1.165, 1.54) is 22.1 Å². The first kappa shape index (κ1) is 22.7. The number of piperazine rings is 1. The molecule has 3 aliphatic carbocycles. The summed E-state index contributed by atoms with van der Waals surface area (Å²) in [4.78, 5) is 33.0. The SMILES string of the molecule is CCc1c([C@@H](C2=CC(OCOC)=CC=CC2)N2CC(=O)N(C)CC2=O)[nH]c2c1=CCC1CC1C=2.[HH]. The largest absolute Gasteiger partial charge is 0.468 e. The Morgan fingerprint density at radius 1 is 1.26 bits per heavy atom. The highest BCUT2D eigenvalue weighted by atomic mass is 16.7. The molecule has 1 saturated heterocycles. The van der Waals surface area contributed by atoms with E-state index in [0.717, 1.165) is 35.4 Å². The molecule has 1 aromatic rings. The number of allylic oxidation sites excluding steroid dienone is 4. The van der Waals surface area contributed by atoms with Crippen molar-refractivity contribution < 1.29 is 20.5 Å². The van der Waals surface area contributed by atoms with Gasteiger partial charge in [0.2, 0.25) is 11.8 Å². The Balaban J connectivity index is 0.00000289. The van der Waals surface area contributed by atoms with Crippen LogP contribution in [0.4, 0.5) is 0 Å². The monoisotopic (exact) mass is 465 g/mol. The minimum absolute atomic E-state index is 0. The molecule has 1 aromatic heterocycles. The first-order valence-electron chi connectivity index (χ1n) is 12.1. The zero-order chi connectivity index (χ0) is 23.8. The van der Waals surface area contributed by atoms with Gasteiger partial charge in [-0.25, -0.2) is 0 Å². The summed E-state index contributed by atoms with van der Waals surface area (Å²) in [5.41, 5.74) is 3.25. The van der Waals surface area contributed by atoms with E-state index in [2.05, 4.69) is 30.1 Å². The number of amides is 2. The molecule has 7 heteroatoms. The topological polar surface area (TPSA) is 74.9 Å². The summed E-state index contributed by atoms with van der Waals surface area (Å²) in [5, 5.41) is 2.42. The van der Waals surface area contributed by atoms with E-state index < -0.39 is 0 Å². The second-order valence-corrected chi connectivity index (χ2v) is 9.61. The van der Waals surface area contributed by atoms with Crippen molar-refractivity contribution in [2.45, 2.75) is 38.6 Å². The maximum atomic E-state index is 13.3. The molecule has 1 aliphatic heterocycles. The number of ether oxygens (including phenoxy) is 2. The molecule has 2 unspecified atom stereocenters. The fourth-order valence-corrected chi connectivity index (χ4v) is 5.38. The summed E-state index contributed by atoms with van der Waals surface area (Å²) in [7, 11) is 3.27. The van der Waals surface area contributed by atoms with Gasteiger partial charge in [0.05, 0.1) is 12.6 Å². The van der Waals surface area contributed by atoms with Crippen LogP contribution in [0.2, 0.25) is 0 Å². The fourth-order valence-electron chi connectivity index (χ4n) is 5.38. The Hall–Kier alpha value is -3.06. The van der Waals surface area contributed by atoms with Crippen molar-refractivity contribution in [3.63, 3.8) is 0 Å². The molecule has 5 rings (SSSR count). The number of nitrogens with zero attached hydrogens (tertiary/aromatic N) is 2. The van der Waals surface area contributed by atoms with Crippen molar-refractivity contribution in [2.24, 2.45) is 11.8 Å². The van der Waals surface area contributed by atoms with Gasteiger partial charge in [-0.05, 0) is 66.0 Å². The van der Waals surface area contributed by atoms with Crippen LogP contribution in [0, 0.1) is 11.8 Å². The number of hydrogen-bond acceptors (Lipinski definition) is 4. The number of nitrogens with one attached hydrogen (secondary N) is 1. The zero-order valence-corrected chi connectivity index (χ0v) is 20.2. The van der Waals surface area contributed by atoms with E-state index in [-0.39, 0.29) is 39.2 Å². The molecule has 0 spiro atoms. The maximum absolute atomic E-state index is 13.3. The van der Waals surface area contributed by atoms with Crippen molar-refractivity contribution in [1.82, 2.24) is 14.8 Å². The van der Waals surface area contributed by atoms with E-state index in [1.807, 2.05) is 18.2 Å². The van der Waals surface area contributed by atoms with Crippen LogP contribution < -0.4 is 10.6 Å². The van der Waals surface area contributed by atoms with E-state index >= 15 is 0 Å². The number of carbonyl (C=O) groups is 2. The molecule has 2 amide bonds. The third kappa shape index (κ3) is 4.25. The molecule has 182 valence electrons. The number of fused-ring (bicyclic) bond motifs is 2. The van der Waals surface area contributed by atoms with Crippen molar-refractivity contribution >= 4 is 24.0 Å². The lowest BCUT2D eigenvalue weighted by Gasteiger charge is -2.38. The van der Waals surface area contributed by atoms with E-state index in [4.69, 9.17) is 9.47 Å². The summed E-state index contributed by atoms with van der Waals surface area (Å²) in [5.74, 6) is 1.98. The summed E-state index contributed by atoms with van der Waals surface area (Å²) < 4.78 is 10.9. The molecule has 0 radical (unpaired) electrons. The van der Waals surface area contributed by atoms with Crippen LogP contribution in [0.15, 0.2) is 35.6 Å². The standard InChI is InChI=1S/C27H33N3O4.H2/c1-4-21-22-10-9-17-11-19(17)13-23(22)28-26(21)27(30-15-24(31)29(2)14-25(30)32)18-7-5-6-8-20(12-18)34-16-33-3;/h5-6,8,10,12-13,17,19,27-28H,4,7,9,11,14-16H2,1-3H3;1H/t17?,19?,27-;/m1./s1. The van der Waals surface area contributed by atoms with Crippen LogP contribution >= 0.6 is 0 Å². The summed E-state index contributed by atoms with van der Waals surface area (Å²) in [6, 6.07) is -0.374. The molecule has 4 aliphatic rings. The minimum Gasteiger partial charge on any atom is -0.468 e. The predicted octanol–water partition coefficient (Wildman–Crippen LogP) is 2.16. The summed E-state index contributed by atoms with van der Waals surface area (Å²) in [6.07, 6.45) is 16.5. The van der Waals surface area contributed by atoms with Gasteiger partial charge in [-0.1, -0.05) is 31.2 Å². The number of H-pyrrole nitrogens is 1. The van der Waals surface area contributed by atoms with Crippen LogP contribution in [0.1, 0.15) is 44.9 Å². The Kier molecular flexibility index (Phi) is 6.21. The molecule has 3 atom stereocenters. The van der Waals surface area contributed by atoms with Crippen molar-refractivity contribution in [2.75, 3.05) is 34.0 Å². The van der Waals surface area contributed by atoms with Gasteiger partial charge in [-0.15, -0.1) is 0 Å². The zero-order valence-electron chi connectivity index (χ0n) is 20.2. The average Bonchev–Trinajstić information content (AvgIpc) is 3.55. The Morgan fingerprint density at radius 2 is 2.12 bits per heavy atom. The number of hydrogen-bond donors (Lipinski definition) is 1. The first-order valence-corrected chi connectivity index (χ1v) is 12.1. The van der Waals surface area contributed by atoms with Gasteiger partial charge in [0.1, 0.15) is 12.3 Å². The van der Waals surface area contributed by atoms with Gasteiger partial charge in [0.25, 0.3) is 0 Å². The van der Waals surface area contributed by atoms with Crippen molar-refractivity contribution in [3.05, 3.63) is 57.5 Å². The summed E-state index contributed by atoms with van der Waals surface area (Å²) in [6.45, 7) is 2.45. The van der Waals surface area contributed by atoms with E-state index in [9.17, 15) is 9.59 Å². The molecule has 1 saturated carbocycles. The third-order valence-corrected chi connectivity index (χ3v) is 7.33. The molecule has 1 N–H and O–H groups in total. The highest BCUT2D eigenvalue weighted by Crippen LogP contribution is 2.43. The Bertz CT molecular complexity index is 1210. The van der Waals surface area contributed by atoms with Gasteiger partial charge in [-0.3, -0.25) is 9.59 Å². The highest BCUT2D eigenvalue weighted by Gasteiger charge is 2.38. The van der Waals surface area contributed by atoms with Crippen LogP contribution in [-0.2, 0) is 25.5 Å². The van der Waals surface area contributed by atoms with Gasteiger partial charge >= 0.3 is 0 Å². The molecule has 2 heterocycles. The molecule has 2 fully saturated rings. The Morgan fingerprint density at radius 3 is 2.91 bits per heavy atom. The van der Waals surface area contributed by atoms with Crippen LogP contribution in [0.25, 0.3) is 12.2 Å². The lowest BCUT2D eigenvalue weighted by molar-refractivity contribution is -0.150. The number of carbonyl (C=O) groups excluding carboxylic acids is 2. The van der Waals surface area contributed by atoms with Crippen molar-refractivity contribution in [3.8, 4) is 0 Å². The lowest BCUT2D eigenvalue weighted by Crippen LogP contribution is -2.53. The first-order chi connectivity index (χ1) is 16.5. The smallest absolute Gasteiger partial charge is 0.243 e. The highest BCUT2D eigenvalue weighted by molar-refractivity contribution is 5.92. The number of methoxy groups -OCH3 is 1. The normalized spacial score (nSPS) is 24.7.